The topological polar surface area (TPSA) is 100.0 Å². The zero-order valence-corrected chi connectivity index (χ0v) is 24.3. The van der Waals surface area contributed by atoms with Gasteiger partial charge < -0.3 is 14.2 Å². The van der Waals surface area contributed by atoms with E-state index in [2.05, 4.69) is 5.10 Å². The van der Waals surface area contributed by atoms with Gasteiger partial charge in [-0.15, -0.1) is 5.10 Å². The molecule has 0 aliphatic carbocycles. The molecule has 0 bridgehead atoms. The van der Waals surface area contributed by atoms with Gasteiger partial charge >= 0.3 is 5.97 Å². The molecule has 4 rings (SSSR count). The second-order valence-corrected chi connectivity index (χ2v) is 11.3. The molecule has 1 atom stereocenters. The molecule has 0 amide bonds. The smallest absolute Gasteiger partial charge is 0.305 e. The van der Waals surface area contributed by atoms with Crippen LogP contribution in [-0.2, 0) is 26.1 Å². The van der Waals surface area contributed by atoms with Crippen LogP contribution >= 0.6 is 11.6 Å². The van der Waals surface area contributed by atoms with Crippen LogP contribution in [0.15, 0.2) is 47.5 Å². The van der Waals surface area contributed by atoms with Crippen molar-refractivity contribution in [3.63, 3.8) is 0 Å². The zero-order valence-electron chi connectivity index (χ0n) is 22.7. The van der Waals surface area contributed by atoms with E-state index in [0.717, 1.165) is 0 Å². The number of anilines is 1. The second kappa shape index (κ2) is 12.9. The van der Waals surface area contributed by atoms with Crippen molar-refractivity contribution in [2.24, 2.45) is 0 Å². The van der Waals surface area contributed by atoms with Gasteiger partial charge in [-0.25, -0.2) is 17.2 Å². The first kappa shape index (κ1) is 30.3. The van der Waals surface area contributed by atoms with Gasteiger partial charge in [0, 0.05) is 35.3 Å². The number of nitrogens with zero attached hydrogens (tertiary/aromatic N) is 3. The number of carbonyl (C=O) groups is 1. The number of hydrogen-bond donors (Lipinski definition) is 0. The van der Waals surface area contributed by atoms with Gasteiger partial charge in [-0.05, 0) is 44.0 Å². The number of esters is 1. The minimum absolute atomic E-state index is 0.0252. The van der Waals surface area contributed by atoms with Crippen molar-refractivity contribution in [2.45, 2.75) is 50.7 Å². The summed E-state index contributed by atoms with van der Waals surface area (Å²) >= 11 is 6.19. The van der Waals surface area contributed by atoms with Gasteiger partial charge in [0.2, 0.25) is 0 Å². The Morgan fingerprint density at radius 3 is 2.71 bits per heavy atom. The first-order valence-electron chi connectivity index (χ1n) is 12.9. The molecule has 0 N–H and O–H groups in total. The third-order valence-electron chi connectivity index (χ3n) is 6.45. The lowest BCUT2D eigenvalue weighted by atomic mass is 10.0. The molecular weight excluding hydrogens is 580 g/mol. The molecule has 1 aliphatic heterocycles. The molecule has 220 valence electrons. The molecular formula is C28H30ClF2N3O6S. The summed E-state index contributed by atoms with van der Waals surface area (Å²) in [5, 5.41) is 4.41. The van der Waals surface area contributed by atoms with E-state index in [9.17, 15) is 22.0 Å². The maximum absolute atomic E-state index is 14.1. The lowest BCUT2D eigenvalue weighted by Gasteiger charge is -2.35. The predicted octanol–water partition coefficient (Wildman–Crippen LogP) is 5.97. The lowest BCUT2D eigenvalue weighted by molar-refractivity contribution is -0.141. The molecule has 41 heavy (non-hydrogen) atoms. The van der Waals surface area contributed by atoms with Crippen LogP contribution in [0.2, 0.25) is 5.02 Å². The van der Waals surface area contributed by atoms with E-state index in [-0.39, 0.29) is 64.4 Å². The molecule has 13 heteroatoms. The summed E-state index contributed by atoms with van der Waals surface area (Å²) in [5.74, 6) is -0.193. The van der Waals surface area contributed by atoms with Crippen molar-refractivity contribution < 1.29 is 36.2 Å². The van der Waals surface area contributed by atoms with Crippen molar-refractivity contribution in [3.8, 4) is 11.6 Å². The van der Waals surface area contributed by atoms with E-state index < -0.39 is 28.5 Å². The van der Waals surface area contributed by atoms with E-state index in [0.29, 0.717) is 12.1 Å². The van der Waals surface area contributed by atoms with Crippen molar-refractivity contribution in [1.82, 2.24) is 9.78 Å². The van der Waals surface area contributed by atoms with Crippen LogP contribution in [0.25, 0.3) is 12.2 Å². The average Bonchev–Trinajstić information content (AvgIpc) is 3.38. The van der Waals surface area contributed by atoms with E-state index >= 15 is 0 Å². The van der Waals surface area contributed by atoms with Crippen LogP contribution in [0.3, 0.4) is 0 Å². The Morgan fingerprint density at radius 1 is 1.24 bits per heavy atom. The van der Waals surface area contributed by atoms with Crippen LogP contribution in [0.1, 0.15) is 49.8 Å². The fourth-order valence-electron chi connectivity index (χ4n) is 4.37. The Kier molecular flexibility index (Phi) is 9.54. The maximum Gasteiger partial charge on any atom is 0.305 e. The highest BCUT2D eigenvalue weighted by molar-refractivity contribution is 7.93. The van der Waals surface area contributed by atoms with Crippen molar-refractivity contribution in [3.05, 3.63) is 64.3 Å². The molecule has 0 spiro atoms. The number of rotatable bonds is 11. The number of alkyl halides is 2. The standard InChI is InChI=1S/C28H30ClF2N3O6S/c1-4-33-17-25(28(32-33)39-5-2)41(36,37)34-16-19(11-14-26(35)38-3)40-24-13-10-18(15-23(24)34)9-12-20-21(27(30)31)7-6-8-22(20)29/h6-10,12-13,15,17,19,27H,4-5,11,14,16H2,1-3H3. The normalized spacial score (nSPS) is 15.2. The molecule has 2 aromatic carbocycles. The van der Waals surface area contributed by atoms with Crippen LogP contribution in [-0.4, -0.2) is 50.5 Å². The van der Waals surface area contributed by atoms with E-state index in [1.165, 1.54) is 46.6 Å². The number of fused-ring (bicyclic) bond motifs is 1. The number of methoxy groups -OCH3 is 1. The molecule has 9 nitrogen and oxygen atoms in total. The molecule has 0 saturated heterocycles. The van der Waals surface area contributed by atoms with Crippen LogP contribution < -0.4 is 13.8 Å². The Balaban J connectivity index is 1.77. The summed E-state index contributed by atoms with van der Waals surface area (Å²) in [7, 11) is -2.94. The Morgan fingerprint density at radius 2 is 2.02 bits per heavy atom. The highest BCUT2D eigenvalue weighted by atomic mass is 35.5. The number of hydrogen-bond acceptors (Lipinski definition) is 7. The number of ether oxygens (including phenoxy) is 3. The Bertz CT molecular complexity index is 1540. The Hall–Kier alpha value is -3.64. The Labute approximate surface area is 242 Å². The number of aromatic nitrogens is 2. The molecule has 0 radical (unpaired) electrons. The summed E-state index contributed by atoms with van der Waals surface area (Å²) < 4.78 is 74.3. The fourth-order valence-corrected chi connectivity index (χ4v) is 6.19. The van der Waals surface area contributed by atoms with Crippen LogP contribution in [0.4, 0.5) is 14.5 Å². The van der Waals surface area contributed by atoms with Crippen molar-refractivity contribution >= 4 is 45.4 Å². The fraction of sp³-hybridized carbons (Fsp3) is 0.357. The number of halogens is 3. The van der Waals surface area contributed by atoms with Crippen LogP contribution in [0, 0.1) is 0 Å². The van der Waals surface area contributed by atoms with E-state index in [1.807, 2.05) is 6.92 Å². The highest BCUT2D eigenvalue weighted by Crippen LogP contribution is 2.40. The number of carbonyl (C=O) groups excluding carboxylic acids is 1. The van der Waals surface area contributed by atoms with Gasteiger partial charge in [0.15, 0.2) is 4.90 Å². The number of benzene rings is 2. The molecule has 1 aliphatic rings. The first-order chi connectivity index (χ1) is 19.6. The summed E-state index contributed by atoms with van der Waals surface area (Å²) in [6.45, 7) is 4.09. The van der Waals surface area contributed by atoms with Crippen LogP contribution in [0.5, 0.6) is 11.6 Å². The largest absolute Gasteiger partial charge is 0.486 e. The van der Waals surface area contributed by atoms with Crippen molar-refractivity contribution in [2.75, 3.05) is 24.6 Å². The molecule has 0 saturated carbocycles. The monoisotopic (exact) mass is 609 g/mol. The van der Waals surface area contributed by atoms with Gasteiger partial charge in [0.05, 0.1) is 25.9 Å². The van der Waals surface area contributed by atoms with E-state index in [1.54, 1.807) is 31.2 Å². The molecule has 2 heterocycles. The molecule has 1 aromatic heterocycles. The third kappa shape index (κ3) is 6.65. The average molecular weight is 610 g/mol. The summed E-state index contributed by atoms with van der Waals surface area (Å²) in [5.41, 5.74) is 0.708. The number of aryl methyl sites for hydroxylation is 1. The minimum Gasteiger partial charge on any atom is -0.486 e. The lowest BCUT2D eigenvalue weighted by Crippen LogP contribution is -2.43. The minimum atomic E-state index is -4.22. The summed E-state index contributed by atoms with van der Waals surface area (Å²) in [4.78, 5) is 11.7. The SMILES string of the molecule is CCOc1nn(CC)cc1S(=O)(=O)N1CC(CCC(=O)OC)Oc2ccc(C=Cc3c(Cl)cccc3C(F)F)cc21. The molecule has 1 unspecified atom stereocenters. The van der Waals surface area contributed by atoms with Crippen molar-refractivity contribution in [1.29, 1.82) is 0 Å². The zero-order chi connectivity index (χ0) is 29.7. The van der Waals surface area contributed by atoms with Gasteiger partial charge in [-0.1, -0.05) is 42.0 Å². The summed E-state index contributed by atoms with van der Waals surface area (Å²) in [6.07, 6.45) is 1.32. The second-order valence-electron chi connectivity index (χ2n) is 9.08. The molecule has 0 fully saturated rings. The van der Waals surface area contributed by atoms with Gasteiger partial charge in [-0.3, -0.25) is 13.8 Å². The predicted molar refractivity (Wildman–Crippen MR) is 151 cm³/mol. The van der Waals surface area contributed by atoms with E-state index in [4.69, 9.17) is 25.8 Å². The molecule has 3 aromatic rings. The van der Waals surface area contributed by atoms with Gasteiger partial charge in [-0.2, -0.15) is 0 Å². The number of sulfonamides is 1. The maximum atomic E-state index is 14.1. The summed E-state index contributed by atoms with van der Waals surface area (Å²) in [6, 6.07) is 9.12. The first-order valence-corrected chi connectivity index (χ1v) is 14.8. The third-order valence-corrected chi connectivity index (χ3v) is 8.54. The highest BCUT2D eigenvalue weighted by Gasteiger charge is 2.38. The van der Waals surface area contributed by atoms with Gasteiger partial charge in [0.25, 0.3) is 22.3 Å². The quantitative estimate of drug-likeness (QED) is 0.195. The van der Waals surface area contributed by atoms with Gasteiger partial charge in [0.1, 0.15) is 11.9 Å².